The monoisotopic (exact) mass is 421 g/mol. The van der Waals surface area contributed by atoms with Gasteiger partial charge in [-0.25, -0.2) is 12.8 Å². The first kappa shape index (κ1) is 20.7. The van der Waals surface area contributed by atoms with Crippen molar-refractivity contribution >= 4 is 22.4 Å². The Morgan fingerprint density at radius 2 is 1.86 bits per heavy atom. The lowest BCUT2D eigenvalue weighted by Crippen LogP contribution is -2.33. The van der Waals surface area contributed by atoms with Gasteiger partial charge in [0.05, 0.1) is 16.5 Å². The molecule has 0 spiro atoms. The summed E-state index contributed by atoms with van der Waals surface area (Å²) in [7, 11) is -1.65. The quantitative estimate of drug-likeness (QED) is 0.764. The Bertz CT molecular complexity index is 1020. The molecule has 3 atom stereocenters. The Hall–Kier alpha value is -1.98. The molecule has 0 unspecified atom stereocenters. The van der Waals surface area contributed by atoms with Crippen molar-refractivity contribution in [3.63, 3.8) is 0 Å². The number of halogens is 2. The minimum Gasteiger partial charge on any atom is -0.299 e. The summed E-state index contributed by atoms with van der Waals surface area (Å²) in [6.07, 6.45) is 0. The molecule has 2 fully saturated rings. The number of fused-ring (bicyclic) bond motifs is 1. The highest BCUT2D eigenvalue weighted by Gasteiger charge is 2.49. The lowest BCUT2D eigenvalue weighted by atomic mass is 9.89. The molecule has 2 aromatic carbocycles. The number of nitrogens with zero attached hydrogens (tertiary/aromatic N) is 3. The maximum atomic E-state index is 13.7. The van der Waals surface area contributed by atoms with Gasteiger partial charge in [0, 0.05) is 25.7 Å². The van der Waals surface area contributed by atoms with Gasteiger partial charge in [-0.05, 0) is 54.8 Å². The standard InChI is InChI=1S/C20H20FN3O2S.ClH/c1-23-11-16-12-24(27(25,26)18-7-2-4-14(8-18)10-22)13-19(16)20(23)15-5-3-6-17(21)9-15;/h2-9,16,19-20H,11-13H2,1H3;1H/t16-,19+,20-;/m0./s1. The van der Waals surface area contributed by atoms with E-state index in [1.165, 1.54) is 28.6 Å². The van der Waals surface area contributed by atoms with Crippen molar-refractivity contribution < 1.29 is 12.8 Å². The zero-order valence-corrected chi connectivity index (χ0v) is 17.0. The van der Waals surface area contributed by atoms with Crippen LogP contribution in [0.15, 0.2) is 53.4 Å². The second-order valence-electron chi connectivity index (χ2n) is 7.33. The van der Waals surface area contributed by atoms with E-state index in [0.717, 1.165) is 12.1 Å². The fraction of sp³-hybridized carbons (Fsp3) is 0.350. The summed E-state index contributed by atoms with van der Waals surface area (Å²) < 4.78 is 41.3. The fourth-order valence-electron chi connectivity index (χ4n) is 4.48. The lowest BCUT2D eigenvalue weighted by molar-refractivity contribution is 0.260. The second kappa shape index (κ2) is 7.80. The molecule has 4 rings (SSSR count). The van der Waals surface area contributed by atoms with Crippen LogP contribution in [0, 0.1) is 29.0 Å². The van der Waals surface area contributed by atoms with Crippen molar-refractivity contribution in [3.8, 4) is 6.07 Å². The van der Waals surface area contributed by atoms with Crippen LogP contribution in [0.1, 0.15) is 17.2 Å². The number of likely N-dealkylation sites (tertiary alicyclic amines) is 1. The van der Waals surface area contributed by atoms with Crippen LogP contribution in [-0.2, 0) is 10.0 Å². The summed E-state index contributed by atoms with van der Waals surface area (Å²) in [6, 6.07) is 14.7. The molecule has 0 aliphatic carbocycles. The zero-order chi connectivity index (χ0) is 19.2. The largest absolute Gasteiger partial charge is 0.299 e. The summed E-state index contributed by atoms with van der Waals surface area (Å²) in [4.78, 5) is 2.34. The molecule has 2 aliphatic heterocycles. The van der Waals surface area contributed by atoms with Crippen molar-refractivity contribution in [1.29, 1.82) is 5.26 Å². The summed E-state index contributed by atoms with van der Waals surface area (Å²) in [5.41, 5.74) is 1.21. The molecule has 148 valence electrons. The van der Waals surface area contributed by atoms with E-state index in [9.17, 15) is 12.8 Å². The summed E-state index contributed by atoms with van der Waals surface area (Å²) in [5.74, 6) is 0.0445. The predicted molar refractivity (Wildman–Crippen MR) is 106 cm³/mol. The normalized spacial score (nSPS) is 25.1. The van der Waals surface area contributed by atoms with Gasteiger partial charge in [-0.3, -0.25) is 4.90 Å². The molecule has 2 heterocycles. The van der Waals surface area contributed by atoms with Crippen molar-refractivity contribution in [2.24, 2.45) is 11.8 Å². The summed E-state index contributed by atoms with van der Waals surface area (Å²) in [6.45, 7) is 1.62. The summed E-state index contributed by atoms with van der Waals surface area (Å²) in [5, 5.41) is 9.04. The topological polar surface area (TPSA) is 64.4 Å². The first-order valence-corrected chi connectivity index (χ1v) is 10.3. The van der Waals surface area contributed by atoms with Crippen molar-refractivity contribution in [2.45, 2.75) is 10.9 Å². The molecule has 0 saturated carbocycles. The minimum absolute atomic E-state index is 0. The van der Waals surface area contributed by atoms with E-state index in [0.29, 0.717) is 18.7 Å². The maximum absolute atomic E-state index is 13.7. The van der Waals surface area contributed by atoms with E-state index >= 15 is 0 Å². The van der Waals surface area contributed by atoms with E-state index in [4.69, 9.17) is 5.26 Å². The van der Waals surface area contributed by atoms with Gasteiger partial charge in [-0.2, -0.15) is 9.57 Å². The first-order chi connectivity index (χ1) is 12.9. The number of nitriles is 1. The number of hydrogen-bond donors (Lipinski definition) is 0. The molecule has 0 bridgehead atoms. The molecule has 2 aliphatic rings. The van der Waals surface area contributed by atoms with Gasteiger partial charge in [0.1, 0.15) is 5.82 Å². The van der Waals surface area contributed by atoms with Crippen LogP contribution in [0.2, 0.25) is 0 Å². The predicted octanol–water partition coefficient (Wildman–Crippen LogP) is 3.04. The van der Waals surface area contributed by atoms with Gasteiger partial charge in [-0.1, -0.05) is 18.2 Å². The molecule has 5 nitrogen and oxygen atoms in total. The van der Waals surface area contributed by atoms with E-state index in [1.54, 1.807) is 18.2 Å². The van der Waals surface area contributed by atoms with E-state index < -0.39 is 10.0 Å². The Balaban J connectivity index is 0.00000225. The van der Waals surface area contributed by atoms with Crippen LogP contribution in [-0.4, -0.2) is 44.3 Å². The van der Waals surface area contributed by atoms with Crippen molar-refractivity contribution in [2.75, 3.05) is 26.7 Å². The fourth-order valence-corrected chi connectivity index (χ4v) is 6.06. The van der Waals surface area contributed by atoms with Crippen LogP contribution in [0.25, 0.3) is 0 Å². The summed E-state index contributed by atoms with van der Waals surface area (Å²) >= 11 is 0. The molecule has 0 N–H and O–H groups in total. The van der Waals surface area contributed by atoms with Crippen LogP contribution < -0.4 is 0 Å². The van der Waals surface area contributed by atoms with E-state index in [-0.39, 0.29) is 41.0 Å². The molecular formula is C20H21ClFN3O2S. The highest BCUT2D eigenvalue weighted by Crippen LogP contribution is 2.45. The number of sulfonamides is 1. The average molecular weight is 422 g/mol. The third-order valence-electron chi connectivity index (χ3n) is 5.65. The smallest absolute Gasteiger partial charge is 0.243 e. The molecule has 0 amide bonds. The molecule has 8 heteroatoms. The van der Waals surface area contributed by atoms with Gasteiger partial charge in [0.2, 0.25) is 10.0 Å². The Morgan fingerprint density at radius 3 is 2.57 bits per heavy atom. The van der Waals surface area contributed by atoms with Crippen LogP contribution in [0.4, 0.5) is 4.39 Å². The third kappa shape index (κ3) is 3.53. The van der Waals surface area contributed by atoms with Gasteiger partial charge in [0.25, 0.3) is 0 Å². The van der Waals surface area contributed by atoms with Gasteiger partial charge in [0.15, 0.2) is 0 Å². The minimum atomic E-state index is -3.65. The average Bonchev–Trinajstić information content (AvgIpc) is 3.18. The molecule has 0 radical (unpaired) electrons. The number of benzene rings is 2. The second-order valence-corrected chi connectivity index (χ2v) is 9.26. The first-order valence-electron chi connectivity index (χ1n) is 8.86. The number of rotatable bonds is 3. The van der Waals surface area contributed by atoms with Crippen LogP contribution >= 0.6 is 12.4 Å². The Kier molecular flexibility index (Phi) is 5.78. The van der Waals surface area contributed by atoms with Crippen LogP contribution in [0.5, 0.6) is 0 Å². The van der Waals surface area contributed by atoms with Crippen LogP contribution in [0.3, 0.4) is 0 Å². The lowest BCUT2D eigenvalue weighted by Gasteiger charge is -2.26. The van der Waals surface area contributed by atoms with Crippen molar-refractivity contribution in [1.82, 2.24) is 9.21 Å². The van der Waals surface area contributed by atoms with E-state index in [2.05, 4.69) is 4.90 Å². The van der Waals surface area contributed by atoms with E-state index in [1.807, 2.05) is 19.2 Å². The highest BCUT2D eigenvalue weighted by molar-refractivity contribution is 7.89. The zero-order valence-electron chi connectivity index (χ0n) is 15.3. The van der Waals surface area contributed by atoms with Gasteiger partial charge in [-0.15, -0.1) is 12.4 Å². The number of hydrogen-bond acceptors (Lipinski definition) is 4. The maximum Gasteiger partial charge on any atom is 0.243 e. The Labute approximate surface area is 170 Å². The van der Waals surface area contributed by atoms with Gasteiger partial charge >= 0.3 is 0 Å². The molecule has 28 heavy (non-hydrogen) atoms. The molecule has 2 saturated heterocycles. The van der Waals surface area contributed by atoms with Crippen molar-refractivity contribution in [3.05, 3.63) is 65.5 Å². The van der Waals surface area contributed by atoms with Gasteiger partial charge < -0.3 is 0 Å². The Morgan fingerprint density at radius 1 is 1.11 bits per heavy atom. The molecule has 0 aromatic heterocycles. The SMILES string of the molecule is CN1C[C@H]2CN(S(=O)(=O)c3cccc(C#N)c3)C[C@H]2[C@@H]1c1cccc(F)c1.Cl. The third-order valence-corrected chi connectivity index (χ3v) is 7.48. The molecular weight excluding hydrogens is 401 g/mol. The molecule has 2 aromatic rings. The highest BCUT2D eigenvalue weighted by atomic mass is 35.5.